The molecule has 1 aromatic rings. The second-order valence-corrected chi connectivity index (χ2v) is 3.70. The van der Waals surface area contributed by atoms with Crippen LogP contribution in [0.1, 0.15) is 29.3 Å². The number of hydrogen-bond donors (Lipinski definition) is 2. The summed E-state index contributed by atoms with van der Waals surface area (Å²) >= 11 is 0. The Hall–Kier alpha value is -1.68. The number of nitrogens with one attached hydrogen (secondary N) is 1. The zero-order valence-corrected chi connectivity index (χ0v) is 9.87. The third kappa shape index (κ3) is 4.36. The minimum Gasteiger partial charge on any atom is -0.366 e. The van der Waals surface area contributed by atoms with Crippen molar-refractivity contribution in [2.45, 2.75) is 19.9 Å². The lowest BCUT2D eigenvalue weighted by Gasteiger charge is -2.05. The molecule has 0 aliphatic rings. The van der Waals surface area contributed by atoms with Gasteiger partial charge in [-0.25, -0.2) is 4.39 Å². The molecule has 0 atom stereocenters. The highest BCUT2D eigenvalue weighted by Gasteiger charge is 2.06. The summed E-state index contributed by atoms with van der Waals surface area (Å²) in [4.78, 5) is 10.8. The van der Waals surface area contributed by atoms with Crippen molar-refractivity contribution in [3.05, 3.63) is 47.3 Å². The van der Waals surface area contributed by atoms with Gasteiger partial charge in [0.2, 0.25) is 5.91 Å². The normalized spacial score (nSPS) is 10.9. The lowest BCUT2D eigenvalue weighted by atomic mass is 10.1. The number of allylic oxidation sites excluding steroid dienone is 1. The van der Waals surface area contributed by atoms with Crippen molar-refractivity contribution >= 4 is 5.91 Å². The second kappa shape index (κ2) is 6.81. The van der Waals surface area contributed by atoms with Crippen LogP contribution in [0.15, 0.2) is 30.4 Å². The minimum atomic E-state index is -0.614. The van der Waals surface area contributed by atoms with E-state index in [2.05, 4.69) is 5.32 Å². The van der Waals surface area contributed by atoms with Crippen LogP contribution < -0.4 is 11.1 Å². The van der Waals surface area contributed by atoms with Gasteiger partial charge in [0, 0.05) is 17.7 Å². The number of amides is 1. The lowest BCUT2D eigenvalue weighted by Crippen LogP contribution is -2.16. The molecule has 1 rings (SSSR count). The van der Waals surface area contributed by atoms with Crippen LogP contribution in [0.25, 0.3) is 0 Å². The molecule has 0 radical (unpaired) electrons. The van der Waals surface area contributed by atoms with Crippen LogP contribution >= 0.6 is 0 Å². The number of primary amides is 1. The molecule has 1 amide bonds. The van der Waals surface area contributed by atoms with E-state index in [4.69, 9.17) is 5.73 Å². The van der Waals surface area contributed by atoms with Crippen molar-refractivity contribution in [2.75, 3.05) is 6.54 Å². The Balaban J connectivity index is 2.52. The maximum Gasteiger partial charge on any atom is 0.248 e. The van der Waals surface area contributed by atoms with Crippen LogP contribution in [0, 0.1) is 5.82 Å². The topological polar surface area (TPSA) is 55.1 Å². The summed E-state index contributed by atoms with van der Waals surface area (Å²) in [5.41, 5.74) is 5.79. The standard InChI is InChI=1S/C13H17FN2O/c1-2-3-4-7-16-9-11-6-5-10(13(15)17)8-12(11)14/h2-3,5-6,8,16H,4,7,9H2,1H3,(H2,15,17)/b3-2+. The van der Waals surface area contributed by atoms with Crippen LogP contribution in [0.3, 0.4) is 0 Å². The summed E-state index contributed by atoms with van der Waals surface area (Å²) < 4.78 is 13.5. The van der Waals surface area contributed by atoms with Crippen molar-refractivity contribution in [1.29, 1.82) is 0 Å². The molecule has 0 spiro atoms. The average Bonchev–Trinajstić information content (AvgIpc) is 2.30. The quantitative estimate of drug-likeness (QED) is 0.586. The second-order valence-electron chi connectivity index (χ2n) is 3.70. The molecular formula is C13H17FN2O. The van der Waals surface area contributed by atoms with E-state index in [0.717, 1.165) is 13.0 Å². The molecule has 0 aromatic heterocycles. The summed E-state index contributed by atoms with van der Waals surface area (Å²) in [5, 5.41) is 3.12. The molecule has 0 bridgehead atoms. The first-order valence-corrected chi connectivity index (χ1v) is 5.55. The van der Waals surface area contributed by atoms with Gasteiger partial charge in [0.25, 0.3) is 0 Å². The molecule has 0 aliphatic heterocycles. The SMILES string of the molecule is C/C=C/CCNCc1ccc(C(N)=O)cc1F. The molecule has 0 saturated heterocycles. The van der Waals surface area contributed by atoms with Gasteiger partial charge in [-0.1, -0.05) is 18.2 Å². The van der Waals surface area contributed by atoms with Gasteiger partial charge >= 0.3 is 0 Å². The largest absolute Gasteiger partial charge is 0.366 e. The van der Waals surface area contributed by atoms with Crippen molar-refractivity contribution < 1.29 is 9.18 Å². The highest BCUT2D eigenvalue weighted by atomic mass is 19.1. The number of halogens is 1. The number of carbonyl (C=O) groups excluding carboxylic acids is 1. The number of rotatable bonds is 6. The van der Waals surface area contributed by atoms with E-state index in [1.54, 1.807) is 6.07 Å². The summed E-state index contributed by atoms with van der Waals surface area (Å²) in [6.45, 7) is 3.20. The smallest absolute Gasteiger partial charge is 0.248 e. The van der Waals surface area contributed by atoms with Crippen molar-refractivity contribution in [3.8, 4) is 0 Å². The molecule has 3 nitrogen and oxygen atoms in total. The highest BCUT2D eigenvalue weighted by Crippen LogP contribution is 2.09. The van der Waals surface area contributed by atoms with E-state index in [0.29, 0.717) is 12.1 Å². The molecule has 0 heterocycles. The zero-order chi connectivity index (χ0) is 12.7. The predicted octanol–water partition coefficient (Wildman–Crippen LogP) is 1.98. The van der Waals surface area contributed by atoms with E-state index in [1.807, 2.05) is 19.1 Å². The first-order chi connectivity index (χ1) is 8.15. The summed E-state index contributed by atoms with van der Waals surface area (Å²) in [6, 6.07) is 4.29. The van der Waals surface area contributed by atoms with Gasteiger partial charge < -0.3 is 11.1 Å². The Labute approximate surface area is 101 Å². The maximum atomic E-state index is 13.5. The van der Waals surface area contributed by atoms with Crippen molar-refractivity contribution in [2.24, 2.45) is 5.73 Å². The van der Waals surface area contributed by atoms with E-state index >= 15 is 0 Å². The lowest BCUT2D eigenvalue weighted by molar-refractivity contribution is 0.1000. The van der Waals surface area contributed by atoms with Crippen LogP contribution in [0.4, 0.5) is 4.39 Å². The fourth-order valence-electron chi connectivity index (χ4n) is 1.42. The van der Waals surface area contributed by atoms with Crippen LogP contribution in [0.2, 0.25) is 0 Å². The Morgan fingerprint density at radius 2 is 2.29 bits per heavy atom. The Morgan fingerprint density at radius 1 is 1.53 bits per heavy atom. The summed E-state index contributed by atoms with van der Waals surface area (Å²) in [7, 11) is 0. The van der Waals surface area contributed by atoms with E-state index < -0.39 is 11.7 Å². The number of nitrogens with two attached hydrogens (primary N) is 1. The van der Waals surface area contributed by atoms with Gasteiger partial charge in [-0.05, 0) is 32.0 Å². The molecule has 3 N–H and O–H groups in total. The van der Waals surface area contributed by atoms with Crippen LogP contribution in [-0.2, 0) is 6.54 Å². The van der Waals surface area contributed by atoms with Gasteiger partial charge in [0.05, 0.1) is 0 Å². The first-order valence-electron chi connectivity index (χ1n) is 5.55. The van der Waals surface area contributed by atoms with Crippen molar-refractivity contribution in [3.63, 3.8) is 0 Å². The number of benzene rings is 1. The average molecular weight is 236 g/mol. The number of carbonyl (C=O) groups is 1. The van der Waals surface area contributed by atoms with Gasteiger partial charge in [-0.3, -0.25) is 4.79 Å². The van der Waals surface area contributed by atoms with Gasteiger partial charge in [0.1, 0.15) is 5.82 Å². The molecule has 1 aromatic carbocycles. The monoisotopic (exact) mass is 236 g/mol. The molecule has 0 aliphatic carbocycles. The molecule has 92 valence electrons. The minimum absolute atomic E-state index is 0.195. The number of hydrogen-bond acceptors (Lipinski definition) is 2. The predicted molar refractivity (Wildman–Crippen MR) is 66.1 cm³/mol. The summed E-state index contributed by atoms with van der Waals surface area (Å²) in [5.74, 6) is -1.02. The third-order valence-electron chi connectivity index (χ3n) is 2.38. The van der Waals surface area contributed by atoms with E-state index in [1.165, 1.54) is 12.1 Å². The molecule has 4 heteroatoms. The fourth-order valence-corrected chi connectivity index (χ4v) is 1.42. The first kappa shape index (κ1) is 13.4. The molecule has 17 heavy (non-hydrogen) atoms. The summed E-state index contributed by atoms with van der Waals surface area (Å²) in [6.07, 6.45) is 4.93. The molecule has 0 fully saturated rings. The molecule has 0 unspecified atom stereocenters. The Morgan fingerprint density at radius 3 is 2.88 bits per heavy atom. The van der Waals surface area contributed by atoms with Crippen LogP contribution in [0.5, 0.6) is 0 Å². The van der Waals surface area contributed by atoms with Crippen LogP contribution in [-0.4, -0.2) is 12.5 Å². The Kier molecular flexibility index (Phi) is 5.36. The molecule has 0 saturated carbocycles. The maximum absolute atomic E-state index is 13.5. The van der Waals surface area contributed by atoms with Gasteiger partial charge in [-0.15, -0.1) is 0 Å². The zero-order valence-electron chi connectivity index (χ0n) is 9.87. The van der Waals surface area contributed by atoms with Crippen molar-refractivity contribution in [1.82, 2.24) is 5.32 Å². The fraction of sp³-hybridized carbons (Fsp3) is 0.308. The molecular weight excluding hydrogens is 219 g/mol. The third-order valence-corrected chi connectivity index (χ3v) is 2.38. The van der Waals surface area contributed by atoms with E-state index in [-0.39, 0.29) is 5.56 Å². The van der Waals surface area contributed by atoms with Gasteiger partial charge in [-0.2, -0.15) is 0 Å². The van der Waals surface area contributed by atoms with E-state index in [9.17, 15) is 9.18 Å². The highest BCUT2D eigenvalue weighted by molar-refractivity contribution is 5.92. The van der Waals surface area contributed by atoms with Gasteiger partial charge in [0.15, 0.2) is 0 Å². The Bertz CT molecular complexity index is 416.